The summed E-state index contributed by atoms with van der Waals surface area (Å²) in [4.78, 5) is 18.1. The summed E-state index contributed by atoms with van der Waals surface area (Å²) in [7, 11) is -2.40. The molecule has 0 fully saturated rings. The Morgan fingerprint density at radius 1 is 1.20 bits per heavy atom. The summed E-state index contributed by atoms with van der Waals surface area (Å²) in [6.45, 7) is -0.341. The molecule has 0 bridgehead atoms. The van der Waals surface area contributed by atoms with Gasteiger partial charge in [0.25, 0.3) is 5.91 Å². The number of amides is 1. The number of sulfonamides is 1. The van der Waals surface area contributed by atoms with Gasteiger partial charge in [-0.2, -0.15) is 0 Å². The van der Waals surface area contributed by atoms with Gasteiger partial charge in [-0.15, -0.1) is 11.3 Å². The number of hydrogen-bond donors (Lipinski definition) is 1. The van der Waals surface area contributed by atoms with E-state index < -0.39 is 21.7 Å². The maximum absolute atomic E-state index is 13.8. The first-order chi connectivity index (χ1) is 14.3. The Kier molecular flexibility index (Phi) is 5.22. The van der Waals surface area contributed by atoms with Crippen LogP contribution in [0.15, 0.2) is 52.9 Å². The van der Waals surface area contributed by atoms with Gasteiger partial charge in [0.15, 0.2) is 0 Å². The van der Waals surface area contributed by atoms with Gasteiger partial charge in [0, 0.05) is 42.4 Å². The van der Waals surface area contributed by atoms with Crippen LogP contribution in [0.5, 0.6) is 0 Å². The molecule has 30 heavy (non-hydrogen) atoms. The molecular weight excluding hydrogens is 432 g/mol. The normalized spacial score (nSPS) is 15.1. The highest BCUT2D eigenvalue weighted by molar-refractivity contribution is 7.89. The summed E-state index contributed by atoms with van der Waals surface area (Å²) in [5.41, 5.74) is 1.39. The van der Waals surface area contributed by atoms with Crippen LogP contribution < -0.4 is 9.62 Å². The van der Waals surface area contributed by atoms with Gasteiger partial charge in [-0.05, 0) is 30.3 Å². The molecule has 1 aliphatic rings. The van der Waals surface area contributed by atoms with Gasteiger partial charge in [-0.1, -0.05) is 6.07 Å². The van der Waals surface area contributed by atoms with Crippen LogP contribution in [0, 0.1) is 11.6 Å². The van der Waals surface area contributed by atoms with Crippen LogP contribution in [0.3, 0.4) is 0 Å². The lowest BCUT2D eigenvalue weighted by Crippen LogP contribution is -2.24. The van der Waals surface area contributed by atoms with E-state index in [1.165, 1.54) is 34.4 Å². The Bertz CT molecular complexity index is 1270. The number of rotatable bonds is 5. The van der Waals surface area contributed by atoms with E-state index in [9.17, 15) is 22.0 Å². The van der Waals surface area contributed by atoms with E-state index in [2.05, 4.69) is 9.71 Å². The van der Waals surface area contributed by atoms with Crippen LogP contribution in [0.4, 0.5) is 14.5 Å². The Balaban J connectivity index is 1.66. The van der Waals surface area contributed by atoms with Gasteiger partial charge in [0.2, 0.25) is 10.0 Å². The van der Waals surface area contributed by atoms with E-state index in [1.54, 1.807) is 30.8 Å². The number of thiazole rings is 1. The minimum absolute atomic E-state index is 0.0143. The third kappa shape index (κ3) is 3.76. The van der Waals surface area contributed by atoms with Crippen molar-refractivity contribution >= 4 is 44.6 Å². The molecule has 2 aromatic carbocycles. The van der Waals surface area contributed by atoms with Crippen LogP contribution in [0.2, 0.25) is 0 Å². The van der Waals surface area contributed by atoms with Crippen molar-refractivity contribution in [1.29, 1.82) is 0 Å². The molecule has 0 radical (unpaired) electrons. The van der Waals surface area contributed by atoms with E-state index in [-0.39, 0.29) is 22.9 Å². The highest BCUT2D eigenvalue weighted by Gasteiger charge is 2.31. The average molecular weight is 447 g/mol. The van der Waals surface area contributed by atoms with Crippen molar-refractivity contribution in [2.24, 2.45) is 0 Å². The molecule has 4 rings (SSSR count). The third-order valence-corrected chi connectivity index (χ3v) is 6.77. The molecule has 1 N–H and O–H groups in total. The number of benzene rings is 2. The average Bonchev–Trinajstić information content (AvgIpc) is 3.30. The Morgan fingerprint density at radius 2 is 2.00 bits per heavy atom. The van der Waals surface area contributed by atoms with E-state index in [0.29, 0.717) is 27.9 Å². The fourth-order valence-electron chi connectivity index (χ4n) is 3.09. The summed E-state index contributed by atoms with van der Waals surface area (Å²) >= 11 is 1.35. The smallest absolute Gasteiger partial charge is 0.258 e. The van der Waals surface area contributed by atoms with Crippen molar-refractivity contribution in [1.82, 2.24) is 9.71 Å². The van der Waals surface area contributed by atoms with Crippen molar-refractivity contribution < 1.29 is 22.0 Å². The molecule has 0 spiro atoms. The van der Waals surface area contributed by atoms with E-state index in [1.807, 2.05) is 0 Å². The van der Waals surface area contributed by atoms with Gasteiger partial charge in [0.05, 0.1) is 16.2 Å². The molecule has 10 heteroatoms. The number of likely N-dealkylation sites (N-methyl/N-ethyl adjacent to an activating group) is 1. The first kappa shape index (κ1) is 20.3. The van der Waals surface area contributed by atoms with Gasteiger partial charge in [-0.25, -0.2) is 26.9 Å². The first-order valence-corrected chi connectivity index (χ1v) is 11.1. The lowest BCUT2D eigenvalue weighted by Gasteiger charge is -2.11. The van der Waals surface area contributed by atoms with E-state index >= 15 is 0 Å². The Morgan fingerprint density at radius 3 is 2.70 bits per heavy atom. The predicted molar refractivity (Wildman–Crippen MR) is 110 cm³/mol. The quantitative estimate of drug-likeness (QED) is 0.608. The maximum Gasteiger partial charge on any atom is 0.258 e. The Hall–Kier alpha value is -2.95. The second-order valence-electron chi connectivity index (χ2n) is 6.53. The summed E-state index contributed by atoms with van der Waals surface area (Å²) in [6, 6.07) is 7.24. The number of nitrogens with zero attached hydrogens (tertiary/aromatic N) is 2. The van der Waals surface area contributed by atoms with Gasteiger partial charge in [0.1, 0.15) is 16.6 Å². The SMILES string of the molecule is CN1C(=O)/C(=C/c2nccs2)c2cc(S(=O)(=O)NCc3ccc(F)cc3F)ccc21. The molecule has 0 atom stereocenters. The molecule has 154 valence electrons. The molecule has 3 aromatic rings. The van der Waals surface area contributed by atoms with Crippen molar-refractivity contribution in [3.05, 3.63) is 75.7 Å². The molecule has 0 saturated carbocycles. The predicted octanol–water partition coefficient (Wildman–Crippen LogP) is 3.42. The lowest BCUT2D eigenvalue weighted by molar-refractivity contribution is -0.112. The molecule has 0 unspecified atom stereocenters. The number of anilines is 1. The van der Waals surface area contributed by atoms with Crippen LogP contribution in [-0.2, 0) is 21.4 Å². The highest BCUT2D eigenvalue weighted by atomic mass is 32.2. The minimum atomic E-state index is -4.01. The summed E-state index contributed by atoms with van der Waals surface area (Å²) in [5.74, 6) is -1.85. The zero-order chi connectivity index (χ0) is 21.5. The summed E-state index contributed by atoms with van der Waals surface area (Å²) in [6.07, 6.45) is 3.23. The number of halogens is 2. The fraction of sp³-hybridized carbons (Fsp3) is 0.100. The van der Waals surface area contributed by atoms with Crippen LogP contribution in [0.1, 0.15) is 16.1 Å². The number of carbonyl (C=O) groups excluding carboxylic acids is 1. The van der Waals surface area contributed by atoms with Gasteiger partial charge >= 0.3 is 0 Å². The number of nitrogens with one attached hydrogen (secondary N) is 1. The van der Waals surface area contributed by atoms with Crippen molar-refractivity contribution in [2.75, 3.05) is 11.9 Å². The zero-order valence-electron chi connectivity index (χ0n) is 15.6. The number of carbonyl (C=O) groups is 1. The van der Waals surface area contributed by atoms with E-state index in [0.717, 1.165) is 6.07 Å². The van der Waals surface area contributed by atoms with Crippen LogP contribution in [-0.4, -0.2) is 26.4 Å². The standard InChI is InChI=1S/C20H15F2N3O3S2/c1-25-18-5-4-14(9-15(18)16(20(25)26)10-19-23-6-7-29-19)30(27,28)24-11-12-2-3-13(21)8-17(12)22/h2-10,24H,11H2,1H3/b16-10+. The monoisotopic (exact) mass is 447 g/mol. The molecule has 6 nitrogen and oxygen atoms in total. The summed E-state index contributed by atoms with van der Waals surface area (Å²) < 4.78 is 54.6. The van der Waals surface area contributed by atoms with E-state index in [4.69, 9.17) is 0 Å². The van der Waals surface area contributed by atoms with Crippen molar-refractivity contribution in [3.8, 4) is 0 Å². The minimum Gasteiger partial charge on any atom is -0.311 e. The van der Waals surface area contributed by atoms with Crippen molar-refractivity contribution in [3.63, 3.8) is 0 Å². The molecule has 0 saturated heterocycles. The maximum atomic E-state index is 13.8. The van der Waals surface area contributed by atoms with Crippen molar-refractivity contribution in [2.45, 2.75) is 11.4 Å². The largest absolute Gasteiger partial charge is 0.311 e. The van der Waals surface area contributed by atoms with Gasteiger partial charge in [-0.3, -0.25) is 4.79 Å². The third-order valence-electron chi connectivity index (χ3n) is 4.65. The first-order valence-electron chi connectivity index (χ1n) is 8.73. The lowest BCUT2D eigenvalue weighted by atomic mass is 10.1. The van der Waals surface area contributed by atoms with Crippen LogP contribution >= 0.6 is 11.3 Å². The topological polar surface area (TPSA) is 79.4 Å². The molecule has 1 aromatic heterocycles. The highest BCUT2D eigenvalue weighted by Crippen LogP contribution is 2.38. The van der Waals surface area contributed by atoms with Gasteiger partial charge < -0.3 is 4.90 Å². The zero-order valence-corrected chi connectivity index (χ0v) is 17.2. The second kappa shape index (κ2) is 7.71. The number of aromatic nitrogens is 1. The molecule has 1 amide bonds. The second-order valence-corrected chi connectivity index (χ2v) is 9.22. The molecule has 0 aliphatic carbocycles. The number of fused-ring (bicyclic) bond motifs is 1. The molecule has 1 aliphatic heterocycles. The Labute approximate surface area is 175 Å². The molecule has 2 heterocycles. The number of hydrogen-bond acceptors (Lipinski definition) is 5. The fourth-order valence-corrected chi connectivity index (χ4v) is 4.69. The summed E-state index contributed by atoms with van der Waals surface area (Å²) in [5, 5.41) is 2.40. The molecular formula is C20H15F2N3O3S2. The van der Waals surface area contributed by atoms with Crippen LogP contribution in [0.25, 0.3) is 11.6 Å².